The molecule has 57 valence electrons. The third-order valence-corrected chi connectivity index (χ3v) is 1.10. The first-order chi connectivity index (χ1) is 5.33. The summed E-state index contributed by atoms with van der Waals surface area (Å²) in [5.74, 6) is -0.646. The molecule has 3 heteroatoms. The van der Waals surface area contributed by atoms with Gasteiger partial charge in [0.1, 0.15) is 0 Å². The molecule has 0 aromatic heterocycles. The summed E-state index contributed by atoms with van der Waals surface area (Å²) in [4.78, 5) is 10.5. The van der Waals surface area contributed by atoms with Crippen LogP contribution in [0.1, 0.15) is 0 Å². The third kappa shape index (κ3) is 2.37. The fourth-order valence-corrected chi connectivity index (χ4v) is 0.655. The highest BCUT2D eigenvalue weighted by atomic mass is 19.1. The standard InChI is InChI=1S/C8H7FNO/c9-6-8(11)10-7-4-2-1-3-5-7/h1-4H,6H2,(H,10,11). The molecule has 1 N–H and O–H groups in total. The van der Waals surface area contributed by atoms with E-state index in [9.17, 15) is 9.18 Å². The summed E-state index contributed by atoms with van der Waals surface area (Å²) in [7, 11) is 0. The van der Waals surface area contributed by atoms with Gasteiger partial charge in [0.2, 0.25) is 0 Å². The van der Waals surface area contributed by atoms with Crippen molar-refractivity contribution in [1.29, 1.82) is 0 Å². The van der Waals surface area contributed by atoms with Crippen LogP contribution in [0.3, 0.4) is 0 Å². The van der Waals surface area contributed by atoms with E-state index in [0.717, 1.165) is 0 Å². The Morgan fingerprint density at radius 1 is 1.64 bits per heavy atom. The second-order valence-electron chi connectivity index (χ2n) is 1.96. The Balaban J connectivity index is 2.58. The molecular weight excluding hydrogens is 145 g/mol. The molecule has 1 radical (unpaired) electrons. The number of alkyl halides is 1. The number of rotatable bonds is 2. The van der Waals surface area contributed by atoms with Crippen LogP contribution in [0, 0.1) is 6.07 Å². The van der Waals surface area contributed by atoms with Crippen LogP contribution in [-0.2, 0) is 4.79 Å². The molecule has 0 spiro atoms. The van der Waals surface area contributed by atoms with Crippen molar-refractivity contribution in [1.82, 2.24) is 0 Å². The van der Waals surface area contributed by atoms with Crippen LogP contribution in [0.15, 0.2) is 24.3 Å². The lowest BCUT2D eigenvalue weighted by Crippen LogP contribution is -2.12. The molecule has 1 aromatic rings. The predicted octanol–water partition coefficient (Wildman–Crippen LogP) is 1.39. The van der Waals surface area contributed by atoms with Gasteiger partial charge < -0.3 is 5.32 Å². The van der Waals surface area contributed by atoms with Gasteiger partial charge in [0.25, 0.3) is 5.91 Å². The number of carbonyl (C=O) groups excluding carboxylic acids is 1. The summed E-state index contributed by atoms with van der Waals surface area (Å²) in [6, 6.07) is 9.54. The number of anilines is 1. The second kappa shape index (κ2) is 3.71. The van der Waals surface area contributed by atoms with Gasteiger partial charge in [0, 0.05) is 11.8 Å². The van der Waals surface area contributed by atoms with E-state index in [1.54, 1.807) is 24.3 Å². The van der Waals surface area contributed by atoms with E-state index in [2.05, 4.69) is 11.4 Å². The van der Waals surface area contributed by atoms with Gasteiger partial charge in [0.15, 0.2) is 6.67 Å². The van der Waals surface area contributed by atoms with Gasteiger partial charge >= 0.3 is 0 Å². The van der Waals surface area contributed by atoms with E-state index in [-0.39, 0.29) is 0 Å². The summed E-state index contributed by atoms with van der Waals surface area (Å²) < 4.78 is 11.6. The van der Waals surface area contributed by atoms with Crippen LogP contribution in [0.5, 0.6) is 0 Å². The molecule has 1 amide bonds. The molecule has 0 fully saturated rings. The third-order valence-electron chi connectivity index (χ3n) is 1.10. The second-order valence-corrected chi connectivity index (χ2v) is 1.96. The molecule has 0 aliphatic rings. The van der Waals surface area contributed by atoms with Crippen molar-refractivity contribution < 1.29 is 9.18 Å². The number of para-hydroxylation sites is 1. The van der Waals surface area contributed by atoms with Crippen LogP contribution in [0.4, 0.5) is 10.1 Å². The number of hydrogen-bond donors (Lipinski definition) is 1. The maximum absolute atomic E-state index is 11.6. The normalized spacial score (nSPS) is 9.18. The van der Waals surface area contributed by atoms with Gasteiger partial charge in [-0.3, -0.25) is 4.79 Å². The van der Waals surface area contributed by atoms with Crippen LogP contribution in [-0.4, -0.2) is 12.6 Å². The molecule has 0 saturated heterocycles. The zero-order valence-electron chi connectivity index (χ0n) is 5.80. The summed E-state index contributed by atoms with van der Waals surface area (Å²) in [6.07, 6.45) is 0. The smallest absolute Gasteiger partial charge is 0.255 e. The Hall–Kier alpha value is -1.38. The topological polar surface area (TPSA) is 29.1 Å². The number of halogens is 1. The molecule has 1 rings (SSSR count). The Morgan fingerprint density at radius 3 is 3.00 bits per heavy atom. The van der Waals surface area contributed by atoms with E-state index >= 15 is 0 Å². The molecular formula is C8H7FNO. The predicted molar refractivity (Wildman–Crippen MR) is 39.9 cm³/mol. The van der Waals surface area contributed by atoms with Crippen LogP contribution in [0.2, 0.25) is 0 Å². The average molecular weight is 152 g/mol. The zero-order chi connectivity index (χ0) is 8.10. The molecule has 11 heavy (non-hydrogen) atoms. The van der Waals surface area contributed by atoms with Gasteiger partial charge in [-0.05, 0) is 6.07 Å². The molecule has 1 aromatic carbocycles. The minimum Gasteiger partial charge on any atom is -0.323 e. The highest BCUT2D eigenvalue weighted by molar-refractivity contribution is 5.91. The molecule has 0 atom stereocenters. The number of carbonyl (C=O) groups is 1. The highest BCUT2D eigenvalue weighted by Gasteiger charge is 1.98. The summed E-state index contributed by atoms with van der Waals surface area (Å²) in [6.45, 7) is -0.997. The zero-order valence-corrected chi connectivity index (χ0v) is 5.80. The van der Waals surface area contributed by atoms with Crippen molar-refractivity contribution in [2.24, 2.45) is 0 Å². The van der Waals surface area contributed by atoms with Crippen LogP contribution < -0.4 is 5.32 Å². The molecule has 0 saturated carbocycles. The van der Waals surface area contributed by atoms with Gasteiger partial charge in [-0.15, -0.1) is 0 Å². The first-order valence-corrected chi connectivity index (χ1v) is 3.15. The summed E-state index contributed by atoms with van der Waals surface area (Å²) in [5.41, 5.74) is 0.496. The molecule has 0 aliphatic heterocycles. The Kier molecular flexibility index (Phi) is 2.60. The van der Waals surface area contributed by atoms with Gasteiger partial charge in [-0.1, -0.05) is 18.2 Å². The van der Waals surface area contributed by atoms with Crippen molar-refractivity contribution >= 4 is 11.6 Å². The van der Waals surface area contributed by atoms with Crippen molar-refractivity contribution in [2.75, 3.05) is 12.0 Å². The SMILES string of the molecule is O=C(CF)Nc1[c]cccc1. The number of hydrogen-bond acceptors (Lipinski definition) is 1. The van der Waals surface area contributed by atoms with E-state index in [1.165, 1.54) is 0 Å². The lowest BCUT2D eigenvalue weighted by Gasteiger charge is -1.99. The van der Waals surface area contributed by atoms with Crippen LogP contribution >= 0.6 is 0 Å². The van der Waals surface area contributed by atoms with Crippen LogP contribution in [0.25, 0.3) is 0 Å². The molecule has 0 unspecified atom stereocenters. The van der Waals surface area contributed by atoms with Gasteiger partial charge in [-0.25, -0.2) is 4.39 Å². The Labute approximate surface area is 64.0 Å². The van der Waals surface area contributed by atoms with E-state index in [4.69, 9.17) is 0 Å². The number of amides is 1. The number of nitrogens with one attached hydrogen (secondary N) is 1. The van der Waals surface area contributed by atoms with Crippen molar-refractivity contribution in [3.8, 4) is 0 Å². The molecule has 0 heterocycles. The fourth-order valence-electron chi connectivity index (χ4n) is 0.655. The monoisotopic (exact) mass is 152 g/mol. The van der Waals surface area contributed by atoms with Gasteiger partial charge in [-0.2, -0.15) is 0 Å². The molecule has 0 bridgehead atoms. The Morgan fingerprint density at radius 2 is 2.45 bits per heavy atom. The fraction of sp³-hybridized carbons (Fsp3) is 0.125. The highest BCUT2D eigenvalue weighted by Crippen LogP contribution is 2.02. The molecule has 2 nitrogen and oxygen atoms in total. The molecule has 0 aliphatic carbocycles. The summed E-state index contributed by atoms with van der Waals surface area (Å²) >= 11 is 0. The van der Waals surface area contributed by atoms with E-state index in [1.807, 2.05) is 0 Å². The van der Waals surface area contributed by atoms with Gasteiger partial charge in [0.05, 0.1) is 0 Å². The first kappa shape index (κ1) is 7.72. The van der Waals surface area contributed by atoms with Crippen molar-refractivity contribution in [3.05, 3.63) is 30.3 Å². The maximum Gasteiger partial charge on any atom is 0.255 e. The average Bonchev–Trinajstić information content (AvgIpc) is 2.06. The Bertz CT molecular complexity index is 235. The minimum absolute atomic E-state index is 0.496. The summed E-state index contributed by atoms with van der Waals surface area (Å²) in [5, 5.41) is 2.32. The van der Waals surface area contributed by atoms with E-state index < -0.39 is 12.6 Å². The number of benzene rings is 1. The quantitative estimate of drug-likeness (QED) is 0.681. The minimum atomic E-state index is -0.997. The van der Waals surface area contributed by atoms with E-state index in [0.29, 0.717) is 5.69 Å². The first-order valence-electron chi connectivity index (χ1n) is 3.15. The van der Waals surface area contributed by atoms with Crippen molar-refractivity contribution in [3.63, 3.8) is 0 Å². The largest absolute Gasteiger partial charge is 0.323 e. The lowest BCUT2D eigenvalue weighted by molar-refractivity contribution is -0.117. The lowest BCUT2D eigenvalue weighted by atomic mass is 10.3. The van der Waals surface area contributed by atoms with Crippen molar-refractivity contribution in [2.45, 2.75) is 0 Å². The maximum atomic E-state index is 11.6.